The summed E-state index contributed by atoms with van der Waals surface area (Å²) in [5.41, 5.74) is 4.77. The number of azo groups is 1. The molecular weight excluding hydrogens is 292 g/mol. The second kappa shape index (κ2) is 7.29. The number of benzene rings is 2. The Morgan fingerprint density at radius 1 is 0.667 bits per heavy atom. The van der Waals surface area contributed by atoms with Gasteiger partial charge in [-0.25, -0.2) is 0 Å². The van der Waals surface area contributed by atoms with Gasteiger partial charge in [0.2, 0.25) is 0 Å². The third kappa shape index (κ3) is 4.31. The molecule has 2 aromatic rings. The van der Waals surface area contributed by atoms with E-state index < -0.39 is 0 Å². The smallest absolute Gasteiger partial charge is 0.0862 e. The van der Waals surface area contributed by atoms with E-state index in [9.17, 15) is 0 Å². The van der Waals surface area contributed by atoms with Crippen molar-refractivity contribution in [2.75, 3.05) is 0 Å². The third-order valence-electron chi connectivity index (χ3n) is 5.29. The summed E-state index contributed by atoms with van der Waals surface area (Å²) in [5, 5.41) is 8.92. The standard InChI is InChI=1S/C22H30N2/c1-7-21(3,4)17-14-18(22(5,6)8-2)16-20(15-17)24-23-19-12-10-9-11-13-19/h9-16H,7-8H2,1-6H3. The van der Waals surface area contributed by atoms with Crippen molar-refractivity contribution in [2.24, 2.45) is 10.2 Å². The molecule has 2 rings (SSSR count). The first-order valence-electron chi connectivity index (χ1n) is 8.91. The van der Waals surface area contributed by atoms with Crippen molar-refractivity contribution < 1.29 is 0 Å². The van der Waals surface area contributed by atoms with Crippen LogP contribution in [-0.2, 0) is 10.8 Å². The van der Waals surface area contributed by atoms with E-state index in [4.69, 9.17) is 0 Å². The minimum Gasteiger partial charge on any atom is -0.151 e. The molecular formula is C22H30N2. The van der Waals surface area contributed by atoms with Gasteiger partial charge < -0.3 is 0 Å². The van der Waals surface area contributed by atoms with E-state index in [1.807, 2.05) is 30.3 Å². The van der Waals surface area contributed by atoms with Gasteiger partial charge in [-0.1, -0.05) is 65.8 Å². The van der Waals surface area contributed by atoms with Crippen molar-refractivity contribution in [3.8, 4) is 0 Å². The Hall–Kier alpha value is -1.96. The monoisotopic (exact) mass is 322 g/mol. The second-order valence-electron chi connectivity index (χ2n) is 7.78. The van der Waals surface area contributed by atoms with Crippen LogP contribution in [-0.4, -0.2) is 0 Å². The van der Waals surface area contributed by atoms with Crippen LogP contribution in [0.2, 0.25) is 0 Å². The summed E-state index contributed by atoms with van der Waals surface area (Å²) in [6.45, 7) is 13.7. The van der Waals surface area contributed by atoms with Crippen LogP contribution in [0.25, 0.3) is 0 Å². The molecule has 2 aromatic carbocycles. The van der Waals surface area contributed by atoms with Crippen molar-refractivity contribution in [2.45, 2.75) is 65.2 Å². The van der Waals surface area contributed by atoms with E-state index in [0.29, 0.717) is 0 Å². The fraction of sp³-hybridized carbons (Fsp3) is 0.455. The largest absolute Gasteiger partial charge is 0.151 e. The molecule has 24 heavy (non-hydrogen) atoms. The van der Waals surface area contributed by atoms with Gasteiger partial charge in [0.15, 0.2) is 0 Å². The summed E-state index contributed by atoms with van der Waals surface area (Å²) in [6.07, 6.45) is 2.19. The molecule has 0 atom stereocenters. The Balaban J connectivity index is 2.49. The van der Waals surface area contributed by atoms with Crippen molar-refractivity contribution in [3.05, 3.63) is 59.7 Å². The molecule has 0 N–H and O–H groups in total. The zero-order valence-electron chi connectivity index (χ0n) is 15.9. The van der Waals surface area contributed by atoms with E-state index in [1.165, 1.54) is 11.1 Å². The lowest BCUT2D eigenvalue weighted by Crippen LogP contribution is -2.19. The van der Waals surface area contributed by atoms with Gasteiger partial charge in [-0.05, 0) is 59.1 Å². The van der Waals surface area contributed by atoms with Crippen LogP contribution < -0.4 is 0 Å². The van der Waals surface area contributed by atoms with Gasteiger partial charge in [0.1, 0.15) is 0 Å². The number of hydrogen-bond donors (Lipinski definition) is 0. The maximum absolute atomic E-state index is 4.52. The Labute approximate surface area is 147 Å². The fourth-order valence-corrected chi connectivity index (χ4v) is 2.47. The molecule has 0 saturated heterocycles. The van der Waals surface area contributed by atoms with E-state index in [1.54, 1.807) is 0 Å². The van der Waals surface area contributed by atoms with Gasteiger partial charge in [-0.2, -0.15) is 10.2 Å². The highest BCUT2D eigenvalue weighted by Gasteiger charge is 2.24. The van der Waals surface area contributed by atoms with Gasteiger partial charge >= 0.3 is 0 Å². The van der Waals surface area contributed by atoms with Crippen molar-refractivity contribution in [3.63, 3.8) is 0 Å². The highest BCUT2D eigenvalue weighted by Crippen LogP contribution is 2.36. The molecule has 2 nitrogen and oxygen atoms in total. The van der Waals surface area contributed by atoms with Crippen LogP contribution in [0.15, 0.2) is 58.8 Å². The van der Waals surface area contributed by atoms with Gasteiger partial charge in [0.05, 0.1) is 11.4 Å². The van der Waals surface area contributed by atoms with Crippen LogP contribution in [0.1, 0.15) is 65.5 Å². The molecule has 0 aliphatic rings. The molecule has 0 saturated carbocycles. The third-order valence-corrected chi connectivity index (χ3v) is 5.29. The first-order valence-corrected chi connectivity index (χ1v) is 8.91. The van der Waals surface area contributed by atoms with Gasteiger partial charge in [0, 0.05) is 0 Å². The lowest BCUT2D eigenvalue weighted by Gasteiger charge is -2.29. The minimum absolute atomic E-state index is 0.136. The normalized spacial score (nSPS) is 12.8. The van der Waals surface area contributed by atoms with Crippen LogP contribution in [0, 0.1) is 0 Å². The lowest BCUT2D eigenvalue weighted by molar-refractivity contribution is 0.489. The van der Waals surface area contributed by atoms with Crippen LogP contribution in [0.4, 0.5) is 11.4 Å². The molecule has 2 heteroatoms. The van der Waals surface area contributed by atoms with E-state index in [0.717, 1.165) is 24.2 Å². The molecule has 0 unspecified atom stereocenters. The molecule has 0 spiro atoms. The molecule has 0 bridgehead atoms. The Bertz CT molecular complexity index is 663. The minimum atomic E-state index is 0.136. The predicted octanol–water partition coefficient (Wildman–Crippen LogP) is 7.48. The van der Waals surface area contributed by atoms with Crippen molar-refractivity contribution in [1.29, 1.82) is 0 Å². The summed E-state index contributed by atoms with van der Waals surface area (Å²) in [4.78, 5) is 0. The predicted molar refractivity (Wildman–Crippen MR) is 104 cm³/mol. The van der Waals surface area contributed by atoms with Crippen LogP contribution >= 0.6 is 0 Å². The quantitative estimate of drug-likeness (QED) is 0.492. The fourth-order valence-electron chi connectivity index (χ4n) is 2.47. The van der Waals surface area contributed by atoms with E-state index in [2.05, 4.69) is 70.0 Å². The second-order valence-corrected chi connectivity index (χ2v) is 7.78. The summed E-state index contributed by atoms with van der Waals surface area (Å²) in [6, 6.07) is 16.6. The average Bonchev–Trinajstić information content (AvgIpc) is 2.60. The molecule has 0 radical (unpaired) electrons. The zero-order chi connectivity index (χ0) is 17.8. The first kappa shape index (κ1) is 18.4. The highest BCUT2D eigenvalue weighted by atomic mass is 15.1. The van der Waals surface area contributed by atoms with E-state index in [-0.39, 0.29) is 10.8 Å². The molecule has 0 fully saturated rings. The molecule has 0 heterocycles. The lowest BCUT2D eigenvalue weighted by atomic mass is 9.76. The number of hydrogen-bond acceptors (Lipinski definition) is 2. The first-order chi connectivity index (χ1) is 11.3. The highest BCUT2D eigenvalue weighted by molar-refractivity contribution is 5.49. The SMILES string of the molecule is CCC(C)(C)c1cc(N=Nc2ccccc2)cc(C(C)(C)CC)c1. The summed E-state index contributed by atoms with van der Waals surface area (Å²) in [5.74, 6) is 0. The zero-order valence-corrected chi connectivity index (χ0v) is 15.9. The van der Waals surface area contributed by atoms with Gasteiger partial charge in [0.25, 0.3) is 0 Å². The maximum atomic E-state index is 4.52. The number of rotatable bonds is 6. The van der Waals surface area contributed by atoms with E-state index >= 15 is 0 Å². The van der Waals surface area contributed by atoms with Crippen LogP contribution in [0.3, 0.4) is 0 Å². The average molecular weight is 322 g/mol. The summed E-state index contributed by atoms with van der Waals surface area (Å²) < 4.78 is 0. The Kier molecular flexibility index (Phi) is 5.58. The topological polar surface area (TPSA) is 24.7 Å². The maximum Gasteiger partial charge on any atom is 0.0862 e. The Morgan fingerprint density at radius 3 is 1.58 bits per heavy atom. The van der Waals surface area contributed by atoms with Crippen molar-refractivity contribution >= 4 is 11.4 Å². The molecule has 0 aromatic heterocycles. The van der Waals surface area contributed by atoms with Gasteiger partial charge in [-0.3, -0.25) is 0 Å². The molecule has 128 valence electrons. The molecule has 0 amide bonds. The molecule has 0 aliphatic heterocycles. The Morgan fingerprint density at radius 2 is 1.12 bits per heavy atom. The van der Waals surface area contributed by atoms with Crippen molar-refractivity contribution in [1.82, 2.24) is 0 Å². The summed E-state index contributed by atoms with van der Waals surface area (Å²) in [7, 11) is 0. The van der Waals surface area contributed by atoms with Crippen LogP contribution in [0.5, 0.6) is 0 Å². The summed E-state index contributed by atoms with van der Waals surface area (Å²) >= 11 is 0. The number of nitrogens with zero attached hydrogens (tertiary/aromatic N) is 2. The molecule has 0 aliphatic carbocycles. The van der Waals surface area contributed by atoms with Gasteiger partial charge in [-0.15, -0.1) is 0 Å².